The quantitative estimate of drug-likeness (QED) is 0.898. The van der Waals surface area contributed by atoms with E-state index in [1.165, 1.54) is 18.2 Å². The van der Waals surface area contributed by atoms with E-state index in [4.69, 9.17) is 5.11 Å². The van der Waals surface area contributed by atoms with Crippen LogP contribution in [-0.4, -0.2) is 11.1 Å². The molecule has 0 aliphatic heterocycles. The number of carbonyl (C=O) groups is 1. The van der Waals surface area contributed by atoms with E-state index in [1.807, 2.05) is 31.2 Å². The predicted molar refractivity (Wildman–Crippen MR) is 67.9 cm³/mol. The molecule has 0 aliphatic carbocycles. The van der Waals surface area contributed by atoms with Gasteiger partial charge in [0.2, 0.25) is 0 Å². The van der Waals surface area contributed by atoms with Gasteiger partial charge in [0.05, 0.1) is 6.42 Å². The molecule has 3 heteroatoms. The minimum absolute atomic E-state index is 0.108. The predicted octanol–water partition coefficient (Wildman–Crippen LogP) is 3.43. The zero-order valence-corrected chi connectivity index (χ0v) is 9.98. The number of hydrogen-bond acceptors (Lipinski definition) is 1. The molecule has 0 fully saturated rings. The van der Waals surface area contributed by atoms with E-state index in [9.17, 15) is 9.18 Å². The average molecular weight is 244 g/mol. The Bertz CT molecular complexity index is 574. The van der Waals surface area contributed by atoms with Gasteiger partial charge in [-0.25, -0.2) is 4.39 Å². The molecule has 2 rings (SSSR count). The van der Waals surface area contributed by atoms with Crippen LogP contribution < -0.4 is 0 Å². The van der Waals surface area contributed by atoms with Gasteiger partial charge in [0.15, 0.2) is 0 Å². The molecule has 2 aromatic rings. The van der Waals surface area contributed by atoms with Crippen molar-refractivity contribution >= 4 is 5.97 Å². The maximum Gasteiger partial charge on any atom is 0.307 e. The van der Waals surface area contributed by atoms with Gasteiger partial charge in [0, 0.05) is 0 Å². The summed E-state index contributed by atoms with van der Waals surface area (Å²) in [6, 6.07) is 11.8. The van der Waals surface area contributed by atoms with E-state index in [0.29, 0.717) is 11.1 Å². The van der Waals surface area contributed by atoms with E-state index >= 15 is 0 Å². The molecule has 18 heavy (non-hydrogen) atoms. The zero-order chi connectivity index (χ0) is 13.1. The van der Waals surface area contributed by atoms with Gasteiger partial charge in [-0.2, -0.15) is 0 Å². The van der Waals surface area contributed by atoms with Gasteiger partial charge in [-0.15, -0.1) is 0 Å². The van der Waals surface area contributed by atoms with Crippen molar-refractivity contribution < 1.29 is 14.3 Å². The Morgan fingerprint density at radius 3 is 2.44 bits per heavy atom. The molecular weight excluding hydrogens is 231 g/mol. The van der Waals surface area contributed by atoms with Crippen molar-refractivity contribution in [2.45, 2.75) is 13.3 Å². The molecular formula is C15H13FO2. The van der Waals surface area contributed by atoms with Gasteiger partial charge in [0.25, 0.3) is 0 Å². The minimum atomic E-state index is -0.921. The second-order valence-corrected chi connectivity index (χ2v) is 4.24. The standard InChI is InChI=1S/C15H13FO2/c1-10-2-4-11(5-3-10)14-9-13(16)7-6-12(14)8-15(17)18/h2-7,9H,8H2,1H3,(H,17,18). The summed E-state index contributed by atoms with van der Waals surface area (Å²) in [5.41, 5.74) is 3.19. The third-order valence-corrected chi connectivity index (χ3v) is 2.78. The first-order valence-corrected chi connectivity index (χ1v) is 5.63. The maximum atomic E-state index is 13.3. The first-order valence-electron chi connectivity index (χ1n) is 5.63. The van der Waals surface area contributed by atoms with Gasteiger partial charge in [-0.3, -0.25) is 4.79 Å². The second kappa shape index (κ2) is 5.00. The van der Waals surface area contributed by atoms with Crippen LogP contribution in [0.3, 0.4) is 0 Å². The molecule has 1 N–H and O–H groups in total. The SMILES string of the molecule is Cc1ccc(-c2cc(F)ccc2CC(=O)O)cc1. The smallest absolute Gasteiger partial charge is 0.307 e. The lowest BCUT2D eigenvalue weighted by atomic mass is 9.97. The minimum Gasteiger partial charge on any atom is -0.481 e. The number of aliphatic carboxylic acids is 1. The van der Waals surface area contributed by atoms with Crippen molar-refractivity contribution in [3.05, 3.63) is 59.4 Å². The van der Waals surface area contributed by atoms with E-state index in [-0.39, 0.29) is 12.2 Å². The Morgan fingerprint density at radius 2 is 1.83 bits per heavy atom. The molecule has 0 amide bonds. The molecule has 0 saturated carbocycles. The van der Waals surface area contributed by atoms with Crippen molar-refractivity contribution in [2.75, 3.05) is 0 Å². The summed E-state index contributed by atoms with van der Waals surface area (Å²) >= 11 is 0. The summed E-state index contributed by atoms with van der Waals surface area (Å²) in [5.74, 6) is -1.28. The molecule has 0 atom stereocenters. The molecule has 0 saturated heterocycles. The Labute approximate surface area is 105 Å². The summed E-state index contributed by atoms with van der Waals surface area (Å²) in [6.07, 6.45) is -0.108. The number of carboxylic acid groups (broad SMARTS) is 1. The summed E-state index contributed by atoms with van der Waals surface area (Å²) in [4.78, 5) is 10.8. The lowest BCUT2D eigenvalue weighted by Gasteiger charge is -2.08. The fraction of sp³-hybridized carbons (Fsp3) is 0.133. The largest absolute Gasteiger partial charge is 0.481 e. The van der Waals surface area contributed by atoms with Gasteiger partial charge in [0.1, 0.15) is 5.82 Å². The highest BCUT2D eigenvalue weighted by atomic mass is 19.1. The number of hydrogen-bond donors (Lipinski definition) is 1. The average Bonchev–Trinajstić information content (AvgIpc) is 2.32. The van der Waals surface area contributed by atoms with Gasteiger partial charge >= 0.3 is 5.97 Å². The third-order valence-electron chi connectivity index (χ3n) is 2.78. The molecule has 0 aromatic heterocycles. The number of aryl methyl sites for hydroxylation is 1. The van der Waals surface area contributed by atoms with Crippen molar-refractivity contribution in [3.63, 3.8) is 0 Å². The van der Waals surface area contributed by atoms with Crippen LogP contribution in [0.4, 0.5) is 4.39 Å². The summed E-state index contributed by atoms with van der Waals surface area (Å²) in [7, 11) is 0. The maximum absolute atomic E-state index is 13.3. The van der Waals surface area contributed by atoms with Gasteiger partial charge in [-0.05, 0) is 35.7 Å². The summed E-state index contributed by atoms with van der Waals surface area (Å²) in [5, 5.41) is 8.86. The lowest BCUT2D eigenvalue weighted by Crippen LogP contribution is -2.02. The monoisotopic (exact) mass is 244 g/mol. The number of benzene rings is 2. The number of rotatable bonds is 3. The fourth-order valence-electron chi connectivity index (χ4n) is 1.87. The Balaban J connectivity index is 2.50. The number of carboxylic acids is 1. The van der Waals surface area contributed by atoms with Crippen LogP contribution in [0, 0.1) is 12.7 Å². The second-order valence-electron chi connectivity index (χ2n) is 4.24. The van der Waals surface area contributed by atoms with Crippen molar-refractivity contribution in [2.24, 2.45) is 0 Å². The Morgan fingerprint density at radius 1 is 1.17 bits per heavy atom. The normalized spacial score (nSPS) is 10.3. The van der Waals surface area contributed by atoms with Crippen LogP contribution in [-0.2, 0) is 11.2 Å². The van der Waals surface area contributed by atoms with Crippen molar-refractivity contribution in [1.82, 2.24) is 0 Å². The molecule has 2 nitrogen and oxygen atoms in total. The van der Waals surface area contributed by atoms with Crippen molar-refractivity contribution in [1.29, 1.82) is 0 Å². The Hall–Kier alpha value is -2.16. The van der Waals surface area contributed by atoms with Crippen LogP contribution in [0.5, 0.6) is 0 Å². The molecule has 2 aromatic carbocycles. The van der Waals surface area contributed by atoms with Crippen LogP contribution >= 0.6 is 0 Å². The molecule has 0 spiro atoms. The van der Waals surface area contributed by atoms with E-state index in [1.54, 1.807) is 0 Å². The first-order chi connectivity index (χ1) is 8.56. The fourth-order valence-corrected chi connectivity index (χ4v) is 1.87. The summed E-state index contributed by atoms with van der Waals surface area (Å²) in [6.45, 7) is 1.97. The van der Waals surface area contributed by atoms with Crippen LogP contribution in [0.15, 0.2) is 42.5 Å². The lowest BCUT2D eigenvalue weighted by molar-refractivity contribution is -0.136. The van der Waals surface area contributed by atoms with Crippen LogP contribution in [0.1, 0.15) is 11.1 Å². The molecule has 0 bridgehead atoms. The van der Waals surface area contributed by atoms with E-state index in [0.717, 1.165) is 11.1 Å². The first kappa shape index (κ1) is 12.3. The Kier molecular flexibility index (Phi) is 3.42. The number of halogens is 1. The highest BCUT2D eigenvalue weighted by Crippen LogP contribution is 2.25. The third kappa shape index (κ3) is 2.74. The van der Waals surface area contributed by atoms with Crippen LogP contribution in [0.2, 0.25) is 0 Å². The molecule has 92 valence electrons. The zero-order valence-electron chi connectivity index (χ0n) is 9.98. The van der Waals surface area contributed by atoms with E-state index in [2.05, 4.69) is 0 Å². The highest BCUT2D eigenvalue weighted by molar-refractivity contribution is 5.76. The molecule has 0 heterocycles. The van der Waals surface area contributed by atoms with Gasteiger partial charge < -0.3 is 5.11 Å². The van der Waals surface area contributed by atoms with Crippen LogP contribution in [0.25, 0.3) is 11.1 Å². The van der Waals surface area contributed by atoms with Gasteiger partial charge in [-0.1, -0.05) is 35.9 Å². The summed E-state index contributed by atoms with van der Waals surface area (Å²) < 4.78 is 13.3. The molecule has 0 radical (unpaired) electrons. The van der Waals surface area contributed by atoms with Crippen molar-refractivity contribution in [3.8, 4) is 11.1 Å². The molecule has 0 unspecified atom stereocenters. The topological polar surface area (TPSA) is 37.3 Å². The highest BCUT2D eigenvalue weighted by Gasteiger charge is 2.09. The van der Waals surface area contributed by atoms with E-state index < -0.39 is 5.97 Å². The molecule has 0 aliphatic rings.